The third kappa shape index (κ3) is 4.07. The van der Waals surface area contributed by atoms with Crippen LogP contribution in [0.5, 0.6) is 0 Å². The molecule has 1 unspecified atom stereocenters. The molecule has 0 bridgehead atoms. The quantitative estimate of drug-likeness (QED) is 0.703. The van der Waals surface area contributed by atoms with Gasteiger partial charge in [0.2, 0.25) is 0 Å². The second-order valence-corrected chi connectivity index (χ2v) is 7.01. The second kappa shape index (κ2) is 7.58. The van der Waals surface area contributed by atoms with Crippen molar-refractivity contribution in [3.05, 3.63) is 77.8 Å². The van der Waals surface area contributed by atoms with Crippen molar-refractivity contribution in [2.24, 2.45) is 5.73 Å². The van der Waals surface area contributed by atoms with Gasteiger partial charge in [-0.3, -0.25) is 0 Å². The van der Waals surface area contributed by atoms with Gasteiger partial charge in [-0.1, -0.05) is 30.3 Å². The normalized spacial score (nSPS) is 13.0. The molecule has 0 saturated heterocycles. The number of hydrogen-bond acceptors (Lipinski definition) is 3. The topological polar surface area (TPSA) is 53.1 Å². The van der Waals surface area contributed by atoms with Crippen molar-refractivity contribution in [3.8, 4) is 11.3 Å². The third-order valence-electron chi connectivity index (χ3n) is 4.76. The zero-order valence-electron chi connectivity index (χ0n) is 15.6. The predicted octanol–water partition coefficient (Wildman–Crippen LogP) is 4.30. The molecule has 0 aliphatic carbocycles. The van der Waals surface area contributed by atoms with E-state index in [-0.39, 0.29) is 5.56 Å². The zero-order chi connectivity index (χ0) is 19.6. The highest BCUT2D eigenvalue weighted by atomic mass is 19.1. The van der Waals surface area contributed by atoms with E-state index in [1.165, 1.54) is 0 Å². The second-order valence-electron chi connectivity index (χ2n) is 7.01. The van der Waals surface area contributed by atoms with E-state index in [2.05, 4.69) is 4.98 Å². The molecule has 3 rings (SSSR count). The molecule has 1 heterocycles. The summed E-state index contributed by atoms with van der Waals surface area (Å²) in [6, 6.07) is 12.6. The number of nitrogens with two attached hydrogens (primary N) is 1. The first-order chi connectivity index (χ1) is 12.8. The Labute approximate surface area is 157 Å². The minimum Gasteiger partial charge on any atom is -0.377 e. The molecule has 0 amide bonds. The molecule has 0 aliphatic rings. The van der Waals surface area contributed by atoms with Crippen LogP contribution in [-0.2, 0) is 11.3 Å². The molecule has 1 atom stereocenters. The molecule has 2 N–H and O–H groups in total. The molecule has 0 fully saturated rings. The lowest BCUT2D eigenvalue weighted by atomic mass is 9.98. The smallest absolute Gasteiger partial charge is 0.132 e. The van der Waals surface area contributed by atoms with Crippen LogP contribution in [0.4, 0.5) is 8.78 Å². The molecular formula is C21H23F2N3O. The van der Waals surface area contributed by atoms with Gasteiger partial charge in [-0.2, -0.15) is 0 Å². The Balaban J connectivity index is 2.09. The summed E-state index contributed by atoms with van der Waals surface area (Å²) in [4.78, 5) is 4.54. The summed E-state index contributed by atoms with van der Waals surface area (Å²) in [5.41, 5.74) is 7.22. The molecule has 0 radical (unpaired) electrons. The van der Waals surface area contributed by atoms with Gasteiger partial charge < -0.3 is 15.0 Å². The van der Waals surface area contributed by atoms with Crippen LogP contribution in [0, 0.1) is 11.6 Å². The van der Waals surface area contributed by atoms with Gasteiger partial charge in [0.05, 0.1) is 17.3 Å². The Kier molecular flexibility index (Phi) is 5.39. The summed E-state index contributed by atoms with van der Waals surface area (Å²) in [6.07, 6.45) is 1.70. The van der Waals surface area contributed by atoms with Gasteiger partial charge in [0, 0.05) is 25.4 Å². The van der Waals surface area contributed by atoms with Crippen molar-refractivity contribution in [1.82, 2.24) is 9.55 Å². The van der Waals surface area contributed by atoms with E-state index in [0.29, 0.717) is 18.1 Å². The van der Waals surface area contributed by atoms with E-state index in [1.807, 2.05) is 48.7 Å². The van der Waals surface area contributed by atoms with Crippen molar-refractivity contribution >= 4 is 0 Å². The lowest BCUT2D eigenvalue weighted by Crippen LogP contribution is -2.39. The van der Waals surface area contributed by atoms with Crippen molar-refractivity contribution in [2.45, 2.75) is 32.0 Å². The van der Waals surface area contributed by atoms with E-state index >= 15 is 0 Å². The fraction of sp³-hybridized carbons (Fsp3) is 0.286. The average molecular weight is 371 g/mol. The molecule has 3 aromatic rings. The van der Waals surface area contributed by atoms with Crippen molar-refractivity contribution < 1.29 is 13.5 Å². The first-order valence-corrected chi connectivity index (χ1v) is 8.69. The Morgan fingerprint density at radius 1 is 1.15 bits per heavy atom. The van der Waals surface area contributed by atoms with Crippen LogP contribution < -0.4 is 5.73 Å². The summed E-state index contributed by atoms with van der Waals surface area (Å²) >= 11 is 0. The Hall–Kier alpha value is -2.57. The molecule has 4 nitrogen and oxygen atoms in total. The van der Waals surface area contributed by atoms with Gasteiger partial charge in [-0.15, -0.1) is 0 Å². The SMILES string of the molecule is COC(C)(C)C(N)c1nc(-c2cc(F)ccc2F)cn1Cc1ccccc1. The number of methoxy groups -OCH3 is 1. The molecule has 27 heavy (non-hydrogen) atoms. The van der Waals surface area contributed by atoms with Gasteiger partial charge in [-0.25, -0.2) is 13.8 Å². The first kappa shape index (κ1) is 19.2. The molecule has 6 heteroatoms. The minimum atomic E-state index is -0.683. The van der Waals surface area contributed by atoms with Crippen LogP contribution in [0.2, 0.25) is 0 Å². The molecule has 0 spiro atoms. The van der Waals surface area contributed by atoms with E-state index < -0.39 is 23.3 Å². The number of benzene rings is 2. The van der Waals surface area contributed by atoms with Crippen molar-refractivity contribution in [2.75, 3.05) is 7.11 Å². The van der Waals surface area contributed by atoms with E-state index in [0.717, 1.165) is 23.8 Å². The largest absolute Gasteiger partial charge is 0.377 e. The highest BCUT2D eigenvalue weighted by Crippen LogP contribution is 2.30. The zero-order valence-corrected chi connectivity index (χ0v) is 15.6. The van der Waals surface area contributed by atoms with Gasteiger partial charge in [-0.05, 0) is 37.6 Å². The number of rotatable bonds is 6. The monoisotopic (exact) mass is 371 g/mol. The standard InChI is InChI=1S/C21H23F2N3O/c1-21(2,27-3)19(24)20-25-18(16-11-15(22)9-10-17(16)23)13-26(20)12-14-7-5-4-6-8-14/h4-11,13,19H,12,24H2,1-3H3. The molecule has 0 aliphatic heterocycles. The Bertz CT molecular complexity index is 922. The molecule has 142 valence electrons. The molecule has 0 saturated carbocycles. The van der Waals surface area contributed by atoms with E-state index in [9.17, 15) is 8.78 Å². The van der Waals surface area contributed by atoms with Crippen molar-refractivity contribution in [1.29, 1.82) is 0 Å². The summed E-state index contributed by atoms with van der Waals surface area (Å²) in [6.45, 7) is 4.23. The van der Waals surface area contributed by atoms with Gasteiger partial charge in [0.1, 0.15) is 17.5 Å². The van der Waals surface area contributed by atoms with Crippen molar-refractivity contribution in [3.63, 3.8) is 0 Å². The predicted molar refractivity (Wildman–Crippen MR) is 101 cm³/mol. The maximum atomic E-state index is 14.3. The van der Waals surface area contributed by atoms with Crippen LogP contribution in [-0.4, -0.2) is 22.3 Å². The number of halogens is 2. The first-order valence-electron chi connectivity index (χ1n) is 8.69. The molecule has 2 aromatic carbocycles. The number of aromatic nitrogens is 2. The molecule has 1 aromatic heterocycles. The highest BCUT2D eigenvalue weighted by molar-refractivity contribution is 5.59. The summed E-state index contributed by atoms with van der Waals surface area (Å²) in [5, 5.41) is 0. The third-order valence-corrected chi connectivity index (χ3v) is 4.76. The minimum absolute atomic E-state index is 0.102. The van der Waals surface area contributed by atoms with Crippen LogP contribution in [0.3, 0.4) is 0 Å². The van der Waals surface area contributed by atoms with E-state index in [4.69, 9.17) is 10.5 Å². The van der Waals surface area contributed by atoms with Gasteiger partial charge in [0.25, 0.3) is 0 Å². The lowest BCUT2D eigenvalue weighted by Gasteiger charge is -2.30. The van der Waals surface area contributed by atoms with Crippen LogP contribution in [0.25, 0.3) is 11.3 Å². The van der Waals surface area contributed by atoms with E-state index in [1.54, 1.807) is 13.3 Å². The fourth-order valence-electron chi connectivity index (χ4n) is 2.85. The average Bonchev–Trinajstić information content (AvgIpc) is 3.07. The number of ether oxygens (including phenoxy) is 1. The maximum Gasteiger partial charge on any atom is 0.132 e. The molecular weight excluding hydrogens is 348 g/mol. The van der Waals surface area contributed by atoms with Crippen LogP contribution >= 0.6 is 0 Å². The van der Waals surface area contributed by atoms with Crippen LogP contribution in [0.1, 0.15) is 31.3 Å². The Morgan fingerprint density at radius 2 is 1.85 bits per heavy atom. The summed E-state index contributed by atoms with van der Waals surface area (Å²) < 4.78 is 35.3. The van der Waals surface area contributed by atoms with Gasteiger partial charge in [0.15, 0.2) is 0 Å². The maximum absolute atomic E-state index is 14.3. The highest BCUT2D eigenvalue weighted by Gasteiger charge is 2.31. The number of imidazole rings is 1. The summed E-state index contributed by atoms with van der Waals surface area (Å²) in [5.74, 6) is -0.511. The Morgan fingerprint density at radius 3 is 2.52 bits per heavy atom. The summed E-state index contributed by atoms with van der Waals surface area (Å²) in [7, 11) is 1.58. The van der Waals surface area contributed by atoms with Gasteiger partial charge >= 0.3 is 0 Å². The van der Waals surface area contributed by atoms with Crippen LogP contribution in [0.15, 0.2) is 54.7 Å². The lowest BCUT2D eigenvalue weighted by molar-refractivity contribution is -0.00299. The number of hydrogen-bond donors (Lipinski definition) is 1. The number of nitrogens with zero attached hydrogens (tertiary/aromatic N) is 2. The fourth-order valence-corrected chi connectivity index (χ4v) is 2.85.